The van der Waals surface area contributed by atoms with Gasteiger partial charge in [0.15, 0.2) is 0 Å². The summed E-state index contributed by atoms with van der Waals surface area (Å²) >= 11 is 0. The molecule has 0 aliphatic carbocycles. The van der Waals surface area contributed by atoms with Crippen molar-refractivity contribution in [1.82, 2.24) is 10.3 Å². The number of carbonyl (C=O) groups excluding carboxylic acids is 1. The minimum absolute atomic E-state index is 0.0701. The summed E-state index contributed by atoms with van der Waals surface area (Å²) in [5.41, 5.74) is 5.99. The van der Waals surface area contributed by atoms with Crippen molar-refractivity contribution in [3.63, 3.8) is 0 Å². The van der Waals surface area contributed by atoms with Crippen molar-refractivity contribution in [2.24, 2.45) is 0 Å². The van der Waals surface area contributed by atoms with Crippen LogP contribution in [0.5, 0.6) is 0 Å². The number of methoxy groups -OCH3 is 1. The number of aromatic nitrogens is 1. The van der Waals surface area contributed by atoms with Gasteiger partial charge in [-0.15, -0.1) is 0 Å². The first-order valence-electron chi connectivity index (χ1n) is 9.42. The second-order valence-electron chi connectivity index (χ2n) is 8.31. The van der Waals surface area contributed by atoms with E-state index in [1.54, 1.807) is 0 Å². The van der Waals surface area contributed by atoms with E-state index < -0.39 is 0 Å². The predicted octanol–water partition coefficient (Wildman–Crippen LogP) is 4.24. The van der Waals surface area contributed by atoms with Crippen molar-refractivity contribution in [2.45, 2.75) is 44.7 Å². The zero-order chi connectivity index (χ0) is 19.2. The average Bonchev–Trinajstić information content (AvgIpc) is 3.04. The van der Waals surface area contributed by atoms with Crippen LogP contribution in [-0.4, -0.2) is 24.1 Å². The first-order valence-corrected chi connectivity index (χ1v) is 9.42. The summed E-state index contributed by atoms with van der Waals surface area (Å²) in [5, 5.41) is 4.67. The Labute approximate surface area is 159 Å². The van der Waals surface area contributed by atoms with Crippen LogP contribution >= 0.6 is 0 Å². The van der Waals surface area contributed by atoms with Crippen LogP contribution < -0.4 is 5.32 Å². The molecule has 2 aromatic carbocycles. The summed E-state index contributed by atoms with van der Waals surface area (Å²) in [7, 11) is 1.45. The Morgan fingerprint density at radius 3 is 2.44 bits per heavy atom. The van der Waals surface area contributed by atoms with Crippen LogP contribution in [0.25, 0.3) is 10.9 Å². The number of aromatic amines is 1. The van der Waals surface area contributed by atoms with Gasteiger partial charge < -0.3 is 9.72 Å². The van der Waals surface area contributed by atoms with E-state index in [4.69, 9.17) is 4.74 Å². The molecule has 4 nitrogen and oxygen atoms in total. The molecule has 2 unspecified atom stereocenters. The first-order chi connectivity index (χ1) is 12.9. The number of rotatable bonds is 2. The minimum atomic E-state index is -0.353. The van der Waals surface area contributed by atoms with Gasteiger partial charge in [-0.25, -0.2) is 0 Å². The number of carbonyl (C=O) groups is 1. The fourth-order valence-corrected chi connectivity index (χ4v) is 3.97. The van der Waals surface area contributed by atoms with Crippen molar-refractivity contribution < 1.29 is 9.53 Å². The molecule has 0 amide bonds. The highest BCUT2D eigenvalue weighted by Gasteiger charge is 2.34. The predicted molar refractivity (Wildman–Crippen MR) is 108 cm³/mol. The quantitative estimate of drug-likeness (QED) is 0.671. The van der Waals surface area contributed by atoms with E-state index in [1.165, 1.54) is 23.6 Å². The van der Waals surface area contributed by atoms with E-state index in [1.807, 2.05) is 12.1 Å². The number of hydrogen-bond acceptors (Lipinski definition) is 3. The van der Waals surface area contributed by atoms with Crippen molar-refractivity contribution in [3.05, 3.63) is 70.9 Å². The zero-order valence-corrected chi connectivity index (χ0v) is 16.3. The summed E-state index contributed by atoms with van der Waals surface area (Å²) in [6.45, 7) is 6.64. The Morgan fingerprint density at radius 2 is 1.78 bits per heavy atom. The summed E-state index contributed by atoms with van der Waals surface area (Å²) in [5.74, 6) is -0.220. The van der Waals surface area contributed by atoms with Crippen molar-refractivity contribution in [2.75, 3.05) is 7.11 Å². The third-order valence-electron chi connectivity index (χ3n) is 5.51. The van der Waals surface area contributed by atoms with Gasteiger partial charge in [-0.1, -0.05) is 63.2 Å². The summed E-state index contributed by atoms with van der Waals surface area (Å²) in [6.07, 6.45) is 0.628. The Bertz CT molecular complexity index is 980. The smallest absolute Gasteiger partial charge is 0.323 e. The molecule has 3 aromatic rings. The van der Waals surface area contributed by atoms with E-state index in [-0.39, 0.29) is 23.5 Å². The van der Waals surface area contributed by atoms with Crippen molar-refractivity contribution >= 4 is 16.9 Å². The SMILES string of the molecule is COC(=O)C1Cc2c([nH]c3ccccc23)C(c2ccc(C(C)(C)C)cc2)N1. The minimum Gasteiger partial charge on any atom is -0.468 e. The number of ether oxygens (including phenoxy) is 1. The highest BCUT2D eigenvalue weighted by molar-refractivity contribution is 5.87. The highest BCUT2D eigenvalue weighted by atomic mass is 16.5. The monoisotopic (exact) mass is 362 g/mol. The Hall–Kier alpha value is -2.59. The summed E-state index contributed by atoms with van der Waals surface area (Å²) in [6, 6.07) is 16.5. The van der Waals surface area contributed by atoms with E-state index >= 15 is 0 Å². The molecule has 27 heavy (non-hydrogen) atoms. The molecule has 140 valence electrons. The Morgan fingerprint density at radius 1 is 1.07 bits per heavy atom. The lowest BCUT2D eigenvalue weighted by atomic mass is 9.85. The molecule has 2 heterocycles. The second-order valence-corrected chi connectivity index (χ2v) is 8.31. The van der Waals surface area contributed by atoms with E-state index in [0.29, 0.717) is 6.42 Å². The fraction of sp³-hybridized carbons (Fsp3) is 0.348. The zero-order valence-electron chi connectivity index (χ0n) is 16.3. The normalized spacial score (nSPS) is 19.7. The maximum atomic E-state index is 12.3. The van der Waals surface area contributed by atoms with Gasteiger partial charge in [-0.3, -0.25) is 10.1 Å². The van der Waals surface area contributed by atoms with Crippen LogP contribution in [0.15, 0.2) is 48.5 Å². The number of nitrogens with one attached hydrogen (secondary N) is 2. The number of fused-ring (bicyclic) bond motifs is 3. The molecule has 4 rings (SSSR count). The number of esters is 1. The summed E-state index contributed by atoms with van der Waals surface area (Å²) in [4.78, 5) is 15.9. The summed E-state index contributed by atoms with van der Waals surface area (Å²) < 4.78 is 5.03. The third-order valence-corrected chi connectivity index (χ3v) is 5.51. The van der Waals surface area contributed by atoms with Gasteiger partial charge in [0.05, 0.1) is 13.2 Å². The van der Waals surface area contributed by atoms with E-state index in [9.17, 15) is 4.79 Å². The van der Waals surface area contributed by atoms with Gasteiger partial charge in [0, 0.05) is 23.0 Å². The molecular formula is C23H26N2O2. The Balaban J connectivity index is 1.81. The number of hydrogen-bond donors (Lipinski definition) is 2. The second kappa shape index (κ2) is 6.54. The topological polar surface area (TPSA) is 54.1 Å². The van der Waals surface area contributed by atoms with Gasteiger partial charge in [-0.05, 0) is 28.2 Å². The molecule has 1 aliphatic rings. The van der Waals surface area contributed by atoms with E-state index in [2.05, 4.69) is 67.5 Å². The molecule has 1 aliphatic heterocycles. The standard InChI is InChI=1S/C23H26N2O2/c1-23(2,3)15-11-9-14(10-12-15)20-21-17(13-19(25-20)22(26)27-4)16-7-5-6-8-18(16)24-21/h5-12,19-20,24-25H,13H2,1-4H3. The van der Waals surface area contributed by atoms with Crippen LogP contribution in [0, 0.1) is 0 Å². The van der Waals surface area contributed by atoms with Crippen LogP contribution in [0.4, 0.5) is 0 Å². The molecule has 0 bridgehead atoms. The van der Waals surface area contributed by atoms with Crippen LogP contribution in [-0.2, 0) is 21.4 Å². The average molecular weight is 362 g/mol. The molecule has 0 saturated heterocycles. The van der Waals surface area contributed by atoms with Gasteiger partial charge >= 0.3 is 5.97 Å². The molecule has 4 heteroatoms. The molecule has 0 spiro atoms. The lowest BCUT2D eigenvalue weighted by Gasteiger charge is -2.30. The number of H-pyrrole nitrogens is 1. The van der Waals surface area contributed by atoms with Crippen molar-refractivity contribution in [3.8, 4) is 0 Å². The molecule has 0 saturated carbocycles. The van der Waals surface area contributed by atoms with E-state index in [0.717, 1.165) is 16.8 Å². The number of para-hydroxylation sites is 1. The highest BCUT2D eigenvalue weighted by Crippen LogP contribution is 2.36. The maximum Gasteiger partial charge on any atom is 0.323 e. The lowest BCUT2D eigenvalue weighted by Crippen LogP contribution is -2.45. The molecule has 2 N–H and O–H groups in total. The molecule has 0 radical (unpaired) electrons. The number of benzene rings is 2. The van der Waals surface area contributed by atoms with Gasteiger partial charge in [-0.2, -0.15) is 0 Å². The molecule has 1 aromatic heterocycles. The van der Waals surface area contributed by atoms with Crippen LogP contribution in [0.2, 0.25) is 0 Å². The lowest BCUT2D eigenvalue weighted by molar-refractivity contribution is -0.143. The fourth-order valence-electron chi connectivity index (χ4n) is 3.97. The van der Waals surface area contributed by atoms with Crippen molar-refractivity contribution in [1.29, 1.82) is 0 Å². The van der Waals surface area contributed by atoms with Gasteiger partial charge in [0.25, 0.3) is 0 Å². The van der Waals surface area contributed by atoms with Gasteiger partial charge in [0.1, 0.15) is 6.04 Å². The van der Waals surface area contributed by atoms with Gasteiger partial charge in [0.2, 0.25) is 0 Å². The maximum absolute atomic E-state index is 12.3. The van der Waals surface area contributed by atoms with Crippen LogP contribution in [0.3, 0.4) is 0 Å². The van der Waals surface area contributed by atoms with Crippen LogP contribution in [0.1, 0.15) is 49.2 Å². The Kier molecular flexibility index (Phi) is 4.31. The molecular weight excluding hydrogens is 336 g/mol. The third kappa shape index (κ3) is 3.15. The first kappa shape index (κ1) is 17.8. The largest absolute Gasteiger partial charge is 0.468 e. The molecule has 2 atom stereocenters. The molecule has 0 fully saturated rings.